The molecule has 0 radical (unpaired) electrons. The van der Waals surface area contributed by atoms with Gasteiger partial charge in [-0.2, -0.15) is 18.8 Å². The molecule has 1 aliphatic carbocycles. The summed E-state index contributed by atoms with van der Waals surface area (Å²) in [6.07, 6.45) is 6.47. The molecule has 9 aromatic rings. The summed E-state index contributed by atoms with van der Waals surface area (Å²) in [6.45, 7) is 9.20. The first-order chi connectivity index (χ1) is 29.8. The quantitative estimate of drug-likeness (QED) is 0.165. The molecular formula is C56H41N4OPt-3. The van der Waals surface area contributed by atoms with Gasteiger partial charge in [0.05, 0.1) is 0 Å². The third-order valence-electron chi connectivity index (χ3n) is 12.8. The molecular weight excluding hydrogens is 940 g/mol. The van der Waals surface area contributed by atoms with E-state index in [4.69, 9.17) is 9.72 Å². The average Bonchev–Trinajstić information content (AvgIpc) is 3.76. The third kappa shape index (κ3) is 5.54. The van der Waals surface area contributed by atoms with Gasteiger partial charge in [0.25, 0.3) is 0 Å². The van der Waals surface area contributed by atoms with E-state index in [1.807, 2.05) is 30.5 Å². The summed E-state index contributed by atoms with van der Waals surface area (Å²) in [4.78, 5) is 9.29. The second-order valence-electron chi connectivity index (χ2n) is 17.4. The Labute approximate surface area is 376 Å². The van der Waals surface area contributed by atoms with Crippen LogP contribution in [0.3, 0.4) is 0 Å². The summed E-state index contributed by atoms with van der Waals surface area (Å²) in [5.74, 6) is 2.05. The molecule has 304 valence electrons. The van der Waals surface area contributed by atoms with Crippen LogP contribution in [0.1, 0.15) is 59.7 Å². The van der Waals surface area contributed by atoms with Crippen LogP contribution in [0.25, 0.3) is 50.9 Å². The molecule has 3 aliphatic rings. The summed E-state index contributed by atoms with van der Waals surface area (Å²) < 4.78 is 9.01. The molecule has 1 unspecified atom stereocenters. The van der Waals surface area contributed by atoms with Crippen LogP contribution >= 0.6 is 0 Å². The van der Waals surface area contributed by atoms with Gasteiger partial charge >= 0.3 is 0 Å². The fourth-order valence-electron chi connectivity index (χ4n) is 10.2. The topological polar surface area (TPSA) is 33.5 Å². The number of anilines is 3. The van der Waals surface area contributed by atoms with Gasteiger partial charge in [-0.1, -0.05) is 147 Å². The van der Waals surface area contributed by atoms with Crippen LogP contribution in [0.15, 0.2) is 158 Å². The minimum atomic E-state index is -0.720. The number of hydrogen-bond acceptors (Lipinski definition) is 4. The van der Waals surface area contributed by atoms with E-state index in [2.05, 4.69) is 201 Å². The normalized spacial score (nSPS) is 15.8. The predicted molar refractivity (Wildman–Crippen MR) is 249 cm³/mol. The molecule has 0 fully saturated rings. The molecule has 1 spiro atoms. The molecule has 0 amide bonds. The molecule has 5 nitrogen and oxygen atoms in total. The van der Waals surface area contributed by atoms with Gasteiger partial charge in [-0.25, -0.2) is 4.98 Å². The summed E-state index contributed by atoms with van der Waals surface area (Å²) in [5.41, 5.74) is 15.4. The second-order valence-corrected chi connectivity index (χ2v) is 17.4. The number of para-hydroxylation sites is 2. The zero-order valence-electron chi connectivity index (χ0n) is 34.8. The van der Waals surface area contributed by atoms with Crippen molar-refractivity contribution in [2.75, 3.05) is 16.8 Å². The molecule has 7 aromatic carbocycles. The first kappa shape index (κ1) is 38.3. The van der Waals surface area contributed by atoms with Crippen molar-refractivity contribution < 1.29 is 25.8 Å². The zero-order chi connectivity index (χ0) is 41.0. The Morgan fingerprint density at radius 2 is 1.42 bits per heavy atom. The zero-order valence-corrected chi connectivity index (χ0v) is 37.0. The van der Waals surface area contributed by atoms with Crippen molar-refractivity contribution in [1.82, 2.24) is 9.55 Å². The molecule has 0 bridgehead atoms. The fourth-order valence-corrected chi connectivity index (χ4v) is 10.2. The monoisotopic (exact) mass is 980 g/mol. The Morgan fingerprint density at radius 1 is 0.645 bits per heavy atom. The maximum Gasteiger partial charge on any atom is 0.135 e. The Bertz CT molecular complexity index is 3270. The summed E-state index contributed by atoms with van der Waals surface area (Å²) in [5, 5.41) is 2.23. The van der Waals surface area contributed by atoms with Crippen molar-refractivity contribution in [3.05, 3.63) is 216 Å². The van der Waals surface area contributed by atoms with Crippen molar-refractivity contribution >= 4 is 51.0 Å². The van der Waals surface area contributed by atoms with Gasteiger partial charge in [0.15, 0.2) is 0 Å². The predicted octanol–water partition coefficient (Wildman–Crippen LogP) is 13.4. The van der Waals surface area contributed by atoms with Crippen LogP contribution in [-0.4, -0.2) is 16.6 Å². The molecule has 62 heavy (non-hydrogen) atoms. The Morgan fingerprint density at radius 3 is 2.26 bits per heavy atom. The van der Waals surface area contributed by atoms with Crippen molar-refractivity contribution in [3.8, 4) is 28.4 Å². The number of hydrogen-bond donors (Lipinski definition) is 0. The van der Waals surface area contributed by atoms with Crippen molar-refractivity contribution in [2.24, 2.45) is 0 Å². The molecule has 0 saturated carbocycles. The standard InChI is InChI=1S/C56H41N4O.Pt/c1-55(2,3)45-18-12-16-38-25-23-37-24-26-39(36-14-6-5-7-15-36)32-47(37)56(53(38)45)44-30-28-41(34-51(44)59-35-58(4)49-21-13-19-46(56)54(49)59)61-40-27-29-43-42-17-8-9-20-48(42)60(50(43)33-40)52-22-10-11-31-57-52;/h5-32,35H,1-4H3;/q-3;. The molecule has 0 N–H and O–H groups in total. The van der Waals surface area contributed by atoms with E-state index in [1.54, 1.807) is 0 Å². The van der Waals surface area contributed by atoms with Gasteiger partial charge in [-0.15, -0.1) is 35.2 Å². The Kier molecular flexibility index (Phi) is 8.76. The van der Waals surface area contributed by atoms with Gasteiger partial charge < -0.3 is 19.1 Å². The van der Waals surface area contributed by atoms with Crippen LogP contribution in [0.5, 0.6) is 11.5 Å². The van der Waals surface area contributed by atoms with E-state index in [9.17, 15) is 0 Å². The average molecular weight is 981 g/mol. The van der Waals surface area contributed by atoms with E-state index in [-0.39, 0.29) is 26.5 Å². The van der Waals surface area contributed by atoms with Crippen molar-refractivity contribution in [3.63, 3.8) is 0 Å². The largest absolute Gasteiger partial charge is 0.509 e. The molecule has 2 aliphatic heterocycles. The second kappa shape index (κ2) is 14.2. The summed E-state index contributed by atoms with van der Waals surface area (Å²) in [6, 6.07) is 61.9. The van der Waals surface area contributed by atoms with Crippen molar-refractivity contribution in [2.45, 2.75) is 31.6 Å². The number of nitrogens with zero attached hydrogens (tertiary/aromatic N) is 4. The minimum absolute atomic E-state index is 0. The first-order valence-electron chi connectivity index (χ1n) is 20.9. The molecule has 12 rings (SSSR count). The molecule has 4 heterocycles. The van der Waals surface area contributed by atoms with E-state index in [0.717, 1.165) is 50.2 Å². The Hall–Kier alpha value is -6.68. The number of benzene rings is 7. The third-order valence-corrected chi connectivity index (χ3v) is 12.8. The van der Waals surface area contributed by atoms with Crippen LogP contribution in [-0.2, 0) is 31.9 Å². The maximum absolute atomic E-state index is 6.85. The van der Waals surface area contributed by atoms with Crippen LogP contribution in [0.4, 0.5) is 17.1 Å². The minimum Gasteiger partial charge on any atom is -0.509 e. The number of aromatic nitrogens is 2. The van der Waals surface area contributed by atoms with Gasteiger partial charge in [0.1, 0.15) is 5.82 Å². The van der Waals surface area contributed by atoms with Crippen molar-refractivity contribution in [1.29, 1.82) is 0 Å². The molecule has 6 heteroatoms. The summed E-state index contributed by atoms with van der Waals surface area (Å²) in [7, 11) is 2.14. The van der Waals surface area contributed by atoms with Gasteiger partial charge in [-0.05, 0) is 86.6 Å². The summed E-state index contributed by atoms with van der Waals surface area (Å²) >= 11 is 0. The maximum atomic E-state index is 6.85. The smallest absolute Gasteiger partial charge is 0.135 e. The van der Waals surface area contributed by atoms with E-state index < -0.39 is 5.41 Å². The Balaban J connectivity index is 0.00000432. The van der Waals surface area contributed by atoms with Crippen LogP contribution in [0.2, 0.25) is 0 Å². The van der Waals surface area contributed by atoms with Gasteiger partial charge in [0, 0.05) is 61.1 Å². The van der Waals surface area contributed by atoms with Crippen LogP contribution in [0, 0.1) is 18.8 Å². The number of ether oxygens (including phenoxy) is 1. The van der Waals surface area contributed by atoms with Gasteiger partial charge in [0.2, 0.25) is 0 Å². The first-order valence-corrected chi connectivity index (χ1v) is 20.9. The number of fused-ring (bicyclic) bond motifs is 11. The van der Waals surface area contributed by atoms with Crippen LogP contribution < -0.4 is 14.5 Å². The molecule has 2 aromatic heterocycles. The van der Waals surface area contributed by atoms with E-state index in [1.165, 1.54) is 44.5 Å². The molecule has 0 saturated heterocycles. The number of rotatable bonds is 4. The van der Waals surface area contributed by atoms with E-state index in [0.29, 0.717) is 11.5 Å². The SMILES string of the molecule is CN1[CH-]N2c3[c-]c(Oc4[c-]c5c(cc4)c4ccccc4n5-c4ccccn4)ccc3C3(c4cc(-c5ccccc5)ccc4C=Cc4cccc(C(C)(C)C)c43)c3cccc1c32.[Pt]. The fraction of sp³-hybridized carbons (Fsp3) is 0.107. The van der Waals surface area contributed by atoms with Gasteiger partial charge in [-0.3, -0.25) is 0 Å². The molecule has 1 atom stereocenters. The van der Waals surface area contributed by atoms with E-state index >= 15 is 0 Å². The number of pyridine rings is 1.